The highest BCUT2D eigenvalue weighted by atomic mass is 32.1. The predicted octanol–water partition coefficient (Wildman–Crippen LogP) is 4.38. The minimum Gasteiger partial charge on any atom is -0.389 e. The van der Waals surface area contributed by atoms with Crippen molar-refractivity contribution < 1.29 is 14.7 Å². The summed E-state index contributed by atoms with van der Waals surface area (Å²) in [6, 6.07) is 2.99. The number of aromatic nitrogens is 2. The third-order valence-electron chi connectivity index (χ3n) is 7.71. The third kappa shape index (κ3) is 5.13. The van der Waals surface area contributed by atoms with Gasteiger partial charge in [0, 0.05) is 36.4 Å². The van der Waals surface area contributed by atoms with Gasteiger partial charge in [-0.2, -0.15) is 0 Å². The average Bonchev–Trinajstić information content (AvgIpc) is 3.29. The zero-order valence-electron chi connectivity index (χ0n) is 21.6. The second-order valence-electron chi connectivity index (χ2n) is 11.2. The van der Waals surface area contributed by atoms with Gasteiger partial charge in [-0.15, -0.1) is 11.3 Å². The van der Waals surface area contributed by atoms with Gasteiger partial charge in [0.25, 0.3) is 11.8 Å². The number of nitrogens with one attached hydrogen (secondary N) is 2. The number of anilines is 1. The lowest BCUT2D eigenvalue weighted by Gasteiger charge is -2.22. The topological polar surface area (TPSA) is 107 Å². The number of hydrogen-bond donors (Lipinski definition) is 3. The number of aliphatic hydroxyl groups is 1. The van der Waals surface area contributed by atoms with Crippen molar-refractivity contribution in [1.29, 1.82) is 0 Å². The molecule has 4 heterocycles. The monoisotopic (exact) mass is 511 g/mol. The molecule has 0 aromatic carbocycles. The molecule has 194 valence electrons. The van der Waals surface area contributed by atoms with Gasteiger partial charge in [-0.1, -0.05) is 6.92 Å². The summed E-state index contributed by atoms with van der Waals surface area (Å²) in [5.41, 5.74) is 1.11. The van der Waals surface area contributed by atoms with E-state index in [1.807, 2.05) is 17.9 Å². The van der Waals surface area contributed by atoms with Crippen molar-refractivity contribution in [2.45, 2.75) is 96.4 Å². The van der Waals surface area contributed by atoms with Gasteiger partial charge in [-0.25, -0.2) is 9.97 Å². The van der Waals surface area contributed by atoms with Crippen LogP contribution in [0.5, 0.6) is 0 Å². The van der Waals surface area contributed by atoms with Crippen molar-refractivity contribution in [1.82, 2.24) is 20.2 Å². The number of thiazole rings is 1. The van der Waals surface area contributed by atoms with Crippen LogP contribution in [0.3, 0.4) is 0 Å². The zero-order valence-corrected chi connectivity index (χ0v) is 22.5. The molecule has 5 rings (SSSR count). The van der Waals surface area contributed by atoms with Crippen LogP contribution in [0.1, 0.15) is 91.6 Å². The minimum absolute atomic E-state index is 0.0887. The van der Waals surface area contributed by atoms with Gasteiger partial charge in [-0.3, -0.25) is 9.59 Å². The van der Waals surface area contributed by atoms with Crippen molar-refractivity contribution in [2.24, 2.45) is 5.92 Å². The SMILES string of the molecule is CC[C@H](Nc1cc(C)c(-c2sc(C(=O)NCC(C)(C)O)nc2C(=O)N2C3CCC2CC3)cn1)C1CC1. The first kappa shape index (κ1) is 25.1. The van der Waals surface area contributed by atoms with E-state index in [9.17, 15) is 14.7 Å². The summed E-state index contributed by atoms with van der Waals surface area (Å²) in [5.74, 6) is 1.09. The number of carbonyl (C=O) groups is 2. The number of rotatable bonds is 9. The lowest BCUT2D eigenvalue weighted by atomic mass is 10.0. The molecule has 0 radical (unpaired) electrons. The van der Waals surface area contributed by atoms with Crippen LogP contribution in [-0.2, 0) is 0 Å². The van der Waals surface area contributed by atoms with E-state index in [1.165, 1.54) is 24.2 Å². The van der Waals surface area contributed by atoms with Crippen molar-refractivity contribution in [3.05, 3.63) is 28.5 Å². The maximum Gasteiger partial charge on any atom is 0.280 e. The Morgan fingerprint density at radius 3 is 2.42 bits per heavy atom. The molecule has 3 N–H and O–H groups in total. The van der Waals surface area contributed by atoms with Gasteiger partial charge in [0.2, 0.25) is 0 Å². The molecular weight excluding hydrogens is 474 g/mol. The van der Waals surface area contributed by atoms with Gasteiger partial charge in [0.1, 0.15) is 11.5 Å². The quantitative estimate of drug-likeness (QED) is 0.461. The molecule has 1 atom stereocenters. The Morgan fingerprint density at radius 2 is 1.86 bits per heavy atom. The summed E-state index contributed by atoms with van der Waals surface area (Å²) < 4.78 is 0. The van der Waals surface area contributed by atoms with Crippen molar-refractivity contribution >= 4 is 29.0 Å². The Balaban J connectivity index is 1.46. The van der Waals surface area contributed by atoms with Crippen LogP contribution in [0, 0.1) is 12.8 Å². The Labute approximate surface area is 216 Å². The predicted molar refractivity (Wildman–Crippen MR) is 141 cm³/mol. The number of nitrogens with zero attached hydrogens (tertiary/aromatic N) is 3. The Kier molecular flexibility index (Phi) is 6.80. The Hall–Kier alpha value is -2.52. The zero-order chi connectivity index (χ0) is 25.6. The normalized spacial score (nSPS) is 22.1. The summed E-state index contributed by atoms with van der Waals surface area (Å²) in [6.45, 7) is 7.58. The van der Waals surface area contributed by atoms with E-state index in [-0.39, 0.29) is 35.5 Å². The fourth-order valence-corrected chi connectivity index (χ4v) is 6.65. The molecular formula is C27H37N5O3S. The van der Waals surface area contributed by atoms with Crippen LogP contribution < -0.4 is 10.6 Å². The first-order valence-corrected chi connectivity index (χ1v) is 14.0. The molecule has 2 aliphatic heterocycles. The first-order chi connectivity index (χ1) is 17.1. The highest BCUT2D eigenvalue weighted by molar-refractivity contribution is 7.17. The molecule has 8 nitrogen and oxygen atoms in total. The lowest BCUT2D eigenvalue weighted by Crippen LogP contribution is -2.38. The largest absolute Gasteiger partial charge is 0.389 e. The highest BCUT2D eigenvalue weighted by Crippen LogP contribution is 2.41. The van der Waals surface area contributed by atoms with Gasteiger partial charge >= 0.3 is 0 Å². The molecule has 3 aliphatic rings. The van der Waals surface area contributed by atoms with Crippen LogP contribution in [0.2, 0.25) is 0 Å². The van der Waals surface area contributed by atoms with Gasteiger partial charge in [0.15, 0.2) is 5.01 Å². The van der Waals surface area contributed by atoms with Crippen LogP contribution in [0.25, 0.3) is 10.4 Å². The standard InChI is InChI=1S/C27H37N5O3S/c1-5-20(16-6-7-16)30-21-12-15(2)19(13-28-21)23-22(26(34)32-17-8-9-18(32)11-10-17)31-25(36-23)24(33)29-14-27(3,4)35/h12-13,16-18,20,35H,5-11,14H2,1-4H3,(H,28,30)(H,29,33)/t17?,18?,20-/m0/s1. The molecule has 3 fully saturated rings. The van der Waals surface area contributed by atoms with Crippen LogP contribution in [0.15, 0.2) is 12.3 Å². The van der Waals surface area contributed by atoms with Crippen molar-refractivity contribution in [3.8, 4) is 10.4 Å². The highest BCUT2D eigenvalue weighted by Gasteiger charge is 2.44. The fraction of sp³-hybridized carbons (Fsp3) is 0.630. The molecule has 2 saturated heterocycles. The summed E-state index contributed by atoms with van der Waals surface area (Å²) in [6.07, 6.45) is 9.55. The first-order valence-electron chi connectivity index (χ1n) is 13.2. The van der Waals surface area contributed by atoms with Gasteiger partial charge < -0.3 is 20.6 Å². The second-order valence-corrected chi connectivity index (χ2v) is 12.2. The molecule has 1 aliphatic carbocycles. The molecule has 0 unspecified atom stereocenters. The van der Waals surface area contributed by atoms with Gasteiger partial charge in [-0.05, 0) is 83.3 Å². The number of aryl methyl sites for hydroxylation is 1. The summed E-state index contributed by atoms with van der Waals surface area (Å²) >= 11 is 1.22. The van der Waals surface area contributed by atoms with Crippen molar-refractivity contribution in [3.63, 3.8) is 0 Å². The summed E-state index contributed by atoms with van der Waals surface area (Å²) in [4.78, 5) is 38.6. The smallest absolute Gasteiger partial charge is 0.280 e. The maximum absolute atomic E-state index is 13.8. The molecule has 36 heavy (non-hydrogen) atoms. The summed E-state index contributed by atoms with van der Waals surface area (Å²) in [7, 11) is 0. The van der Waals surface area contributed by atoms with E-state index in [4.69, 9.17) is 0 Å². The molecule has 2 amide bonds. The summed E-state index contributed by atoms with van der Waals surface area (Å²) in [5, 5.41) is 16.6. The fourth-order valence-electron chi connectivity index (χ4n) is 5.60. The third-order valence-corrected chi connectivity index (χ3v) is 8.80. The molecule has 2 aromatic heterocycles. The molecule has 0 spiro atoms. The van der Waals surface area contributed by atoms with Gasteiger partial charge in [0.05, 0.1) is 10.5 Å². The number of fused-ring (bicyclic) bond motifs is 2. The number of amides is 2. The van der Waals surface area contributed by atoms with E-state index in [0.717, 1.165) is 55.0 Å². The van der Waals surface area contributed by atoms with E-state index < -0.39 is 5.60 Å². The van der Waals surface area contributed by atoms with E-state index in [2.05, 4.69) is 27.5 Å². The molecule has 2 bridgehead atoms. The Bertz CT molecular complexity index is 1130. The molecule has 2 aromatic rings. The maximum atomic E-state index is 13.8. The molecule has 9 heteroatoms. The van der Waals surface area contributed by atoms with Crippen molar-refractivity contribution in [2.75, 3.05) is 11.9 Å². The Morgan fingerprint density at radius 1 is 1.19 bits per heavy atom. The van der Waals surface area contributed by atoms with Crippen LogP contribution in [0.4, 0.5) is 5.82 Å². The second kappa shape index (κ2) is 9.74. The number of carbonyl (C=O) groups excluding carboxylic acids is 2. The minimum atomic E-state index is -1.04. The average molecular weight is 512 g/mol. The van der Waals surface area contributed by atoms with Crippen LogP contribution >= 0.6 is 11.3 Å². The van der Waals surface area contributed by atoms with Crippen LogP contribution in [-0.4, -0.2) is 62.1 Å². The number of hydrogen-bond acceptors (Lipinski definition) is 7. The van der Waals surface area contributed by atoms with E-state index in [1.54, 1.807) is 20.0 Å². The lowest BCUT2D eigenvalue weighted by molar-refractivity contribution is 0.0692. The van der Waals surface area contributed by atoms with E-state index >= 15 is 0 Å². The molecule has 1 saturated carbocycles. The van der Waals surface area contributed by atoms with E-state index in [0.29, 0.717) is 16.6 Å². The number of pyridine rings is 1.